The van der Waals surface area contributed by atoms with Crippen molar-refractivity contribution in [1.29, 1.82) is 0 Å². The van der Waals surface area contributed by atoms with E-state index in [2.05, 4.69) is 22.1 Å². The number of nitrogens with zero attached hydrogens (tertiary/aromatic N) is 2. The summed E-state index contributed by atoms with van der Waals surface area (Å²) in [5.41, 5.74) is 0.709. The first kappa shape index (κ1) is 15.3. The molecule has 0 aliphatic carbocycles. The maximum absolute atomic E-state index is 12.3. The molecule has 5 nitrogen and oxygen atoms in total. The van der Waals surface area contributed by atoms with Crippen molar-refractivity contribution in [3.8, 4) is 11.8 Å². The zero-order valence-corrected chi connectivity index (χ0v) is 12.6. The van der Waals surface area contributed by atoms with Crippen LogP contribution in [0.2, 0.25) is 0 Å². The van der Waals surface area contributed by atoms with Crippen molar-refractivity contribution in [1.82, 2.24) is 14.9 Å². The van der Waals surface area contributed by atoms with E-state index in [4.69, 9.17) is 5.11 Å². The monoisotopic (exact) mass is 303 g/mol. The van der Waals surface area contributed by atoms with Gasteiger partial charge in [0.2, 0.25) is 0 Å². The zero-order chi connectivity index (χ0) is 15.1. The second kappa shape index (κ2) is 7.62. The first-order valence-electron chi connectivity index (χ1n) is 6.64. The summed E-state index contributed by atoms with van der Waals surface area (Å²) in [6, 6.07) is 1.82. The van der Waals surface area contributed by atoms with Crippen molar-refractivity contribution < 1.29 is 9.90 Å². The van der Waals surface area contributed by atoms with E-state index in [1.54, 1.807) is 12.5 Å². The van der Waals surface area contributed by atoms with Gasteiger partial charge < -0.3 is 15.0 Å². The SMILES string of the molecule is CC(Cn1ccnc1)NC(=O)c1sccc1C#CCCO. The number of aliphatic hydroxyl groups is 1. The van der Waals surface area contributed by atoms with Gasteiger partial charge >= 0.3 is 0 Å². The highest BCUT2D eigenvalue weighted by molar-refractivity contribution is 7.12. The summed E-state index contributed by atoms with van der Waals surface area (Å²) in [4.78, 5) is 16.8. The number of nitrogens with one attached hydrogen (secondary N) is 1. The van der Waals surface area contributed by atoms with E-state index in [9.17, 15) is 4.79 Å². The molecule has 2 N–H and O–H groups in total. The molecule has 2 heterocycles. The quantitative estimate of drug-likeness (QED) is 0.823. The molecule has 0 aliphatic heterocycles. The van der Waals surface area contributed by atoms with Gasteiger partial charge in [-0.05, 0) is 18.4 Å². The molecule has 1 unspecified atom stereocenters. The van der Waals surface area contributed by atoms with Crippen LogP contribution in [0.5, 0.6) is 0 Å². The molecule has 2 rings (SSSR count). The number of carbonyl (C=O) groups is 1. The maximum atomic E-state index is 12.3. The van der Waals surface area contributed by atoms with Crippen molar-refractivity contribution >= 4 is 17.2 Å². The van der Waals surface area contributed by atoms with E-state index in [0.29, 0.717) is 23.4 Å². The Morgan fingerprint density at radius 2 is 2.48 bits per heavy atom. The summed E-state index contributed by atoms with van der Waals surface area (Å²) in [5.74, 6) is 5.64. The lowest BCUT2D eigenvalue weighted by Gasteiger charge is -2.13. The maximum Gasteiger partial charge on any atom is 0.262 e. The molecule has 0 saturated heterocycles. The number of rotatable bonds is 5. The molecule has 0 radical (unpaired) electrons. The number of aromatic nitrogens is 2. The first-order valence-corrected chi connectivity index (χ1v) is 7.52. The van der Waals surface area contributed by atoms with Gasteiger partial charge in [0.05, 0.1) is 12.9 Å². The molecule has 6 heteroatoms. The van der Waals surface area contributed by atoms with Crippen LogP contribution in [0, 0.1) is 11.8 Å². The average molecular weight is 303 g/mol. The fraction of sp³-hybridized carbons (Fsp3) is 0.333. The van der Waals surface area contributed by atoms with Crippen LogP contribution in [-0.4, -0.2) is 33.2 Å². The van der Waals surface area contributed by atoms with Crippen molar-refractivity contribution in [2.24, 2.45) is 0 Å². The number of aliphatic hydroxyl groups excluding tert-OH is 1. The highest BCUT2D eigenvalue weighted by Crippen LogP contribution is 2.16. The predicted molar refractivity (Wildman–Crippen MR) is 82.1 cm³/mol. The summed E-state index contributed by atoms with van der Waals surface area (Å²) < 4.78 is 1.92. The topological polar surface area (TPSA) is 67.2 Å². The third-order valence-corrected chi connectivity index (χ3v) is 3.67. The normalized spacial score (nSPS) is 11.5. The summed E-state index contributed by atoms with van der Waals surface area (Å²) >= 11 is 1.37. The fourth-order valence-electron chi connectivity index (χ4n) is 1.84. The zero-order valence-electron chi connectivity index (χ0n) is 11.7. The number of amides is 1. The Morgan fingerprint density at radius 1 is 1.62 bits per heavy atom. The van der Waals surface area contributed by atoms with E-state index in [-0.39, 0.29) is 18.6 Å². The van der Waals surface area contributed by atoms with Crippen LogP contribution < -0.4 is 5.32 Å². The minimum atomic E-state index is -0.120. The van der Waals surface area contributed by atoms with Gasteiger partial charge in [-0.25, -0.2) is 4.98 Å². The van der Waals surface area contributed by atoms with Gasteiger partial charge in [-0.15, -0.1) is 11.3 Å². The molecular weight excluding hydrogens is 286 g/mol. The van der Waals surface area contributed by atoms with Crippen LogP contribution >= 0.6 is 11.3 Å². The third kappa shape index (κ3) is 4.45. The lowest BCUT2D eigenvalue weighted by atomic mass is 10.2. The van der Waals surface area contributed by atoms with E-state index < -0.39 is 0 Å². The Hall–Kier alpha value is -2.10. The van der Waals surface area contributed by atoms with Crippen LogP contribution in [0.15, 0.2) is 30.2 Å². The first-order chi connectivity index (χ1) is 10.2. The molecule has 110 valence electrons. The minimum absolute atomic E-state index is 0.00736. The van der Waals surface area contributed by atoms with E-state index >= 15 is 0 Å². The van der Waals surface area contributed by atoms with Crippen LogP contribution in [0.3, 0.4) is 0 Å². The Bertz CT molecular complexity index is 637. The molecule has 1 amide bonds. The Balaban J connectivity index is 1.97. The Morgan fingerprint density at radius 3 is 3.19 bits per heavy atom. The van der Waals surface area contributed by atoms with Crippen LogP contribution in [0.4, 0.5) is 0 Å². The fourth-order valence-corrected chi connectivity index (χ4v) is 2.60. The van der Waals surface area contributed by atoms with Crippen LogP contribution in [0.25, 0.3) is 0 Å². The van der Waals surface area contributed by atoms with Crippen LogP contribution in [-0.2, 0) is 6.54 Å². The summed E-state index contributed by atoms with van der Waals surface area (Å²) in [6.07, 6.45) is 5.70. The molecule has 2 aromatic rings. The van der Waals surface area contributed by atoms with Crippen molar-refractivity contribution in [2.45, 2.75) is 25.9 Å². The summed E-state index contributed by atoms with van der Waals surface area (Å²) in [6.45, 7) is 2.64. The number of hydrogen-bond acceptors (Lipinski definition) is 4. The molecule has 0 aliphatic rings. The minimum Gasteiger partial charge on any atom is -0.395 e. The second-order valence-electron chi connectivity index (χ2n) is 4.57. The van der Waals surface area contributed by atoms with Crippen LogP contribution in [0.1, 0.15) is 28.6 Å². The largest absolute Gasteiger partial charge is 0.395 e. The number of hydrogen-bond donors (Lipinski definition) is 2. The number of carbonyl (C=O) groups excluding carboxylic acids is 1. The lowest BCUT2D eigenvalue weighted by Crippen LogP contribution is -2.35. The number of thiophene rings is 1. The molecule has 0 aromatic carbocycles. The van der Waals surface area contributed by atoms with Gasteiger partial charge in [0.15, 0.2) is 0 Å². The summed E-state index contributed by atoms with van der Waals surface area (Å²) in [7, 11) is 0. The standard InChI is InChI=1S/C15H17N3O2S/c1-12(10-18-7-6-16-11-18)17-15(20)14-13(5-9-21-14)4-2-3-8-19/h5-7,9,11-12,19H,3,8,10H2,1H3,(H,17,20). The van der Waals surface area contributed by atoms with Gasteiger partial charge in [-0.1, -0.05) is 11.8 Å². The Labute approximate surface area is 127 Å². The van der Waals surface area contributed by atoms with Gasteiger partial charge in [0.25, 0.3) is 5.91 Å². The highest BCUT2D eigenvalue weighted by Gasteiger charge is 2.14. The average Bonchev–Trinajstić information content (AvgIpc) is 3.10. The van der Waals surface area contributed by atoms with E-state index in [1.807, 2.05) is 29.1 Å². The predicted octanol–water partition coefficient (Wildman–Crippen LogP) is 1.50. The van der Waals surface area contributed by atoms with Gasteiger partial charge in [0, 0.05) is 37.0 Å². The van der Waals surface area contributed by atoms with Gasteiger partial charge in [-0.2, -0.15) is 0 Å². The van der Waals surface area contributed by atoms with Gasteiger partial charge in [-0.3, -0.25) is 4.79 Å². The molecular formula is C15H17N3O2S. The Kier molecular flexibility index (Phi) is 5.55. The molecule has 0 spiro atoms. The molecule has 0 bridgehead atoms. The van der Waals surface area contributed by atoms with Crippen molar-refractivity contribution in [3.63, 3.8) is 0 Å². The molecule has 2 aromatic heterocycles. The van der Waals surface area contributed by atoms with E-state index in [1.165, 1.54) is 11.3 Å². The highest BCUT2D eigenvalue weighted by atomic mass is 32.1. The van der Waals surface area contributed by atoms with Crippen molar-refractivity contribution in [2.75, 3.05) is 6.61 Å². The summed E-state index contributed by atoms with van der Waals surface area (Å²) in [5, 5.41) is 13.5. The third-order valence-electron chi connectivity index (χ3n) is 2.75. The van der Waals surface area contributed by atoms with E-state index in [0.717, 1.165) is 0 Å². The molecule has 0 fully saturated rings. The van der Waals surface area contributed by atoms with Crippen molar-refractivity contribution in [3.05, 3.63) is 40.6 Å². The molecule has 21 heavy (non-hydrogen) atoms. The lowest BCUT2D eigenvalue weighted by molar-refractivity contribution is 0.0940. The smallest absolute Gasteiger partial charge is 0.262 e. The van der Waals surface area contributed by atoms with Gasteiger partial charge in [0.1, 0.15) is 4.88 Å². The second-order valence-corrected chi connectivity index (χ2v) is 5.49. The molecule has 1 atom stereocenters. The number of imidazole rings is 1. The molecule has 0 saturated carbocycles.